The summed E-state index contributed by atoms with van der Waals surface area (Å²) in [6.45, 7) is 1.85. The average molecular weight is 379 g/mol. The maximum atomic E-state index is 12.7. The highest BCUT2D eigenvalue weighted by Crippen LogP contribution is 2.34. The molecule has 1 unspecified atom stereocenters. The van der Waals surface area contributed by atoms with Crippen LogP contribution in [0, 0.1) is 5.92 Å². The van der Waals surface area contributed by atoms with Gasteiger partial charge in [0.15, 0.2) is 0 Å². The molecule has 26 heavy (non-hydrogen) atoms. The van der Waals surface area contributed by atoms with Crippen molar-refractivity contribution in [2.75, 3.05) is 11.1 Å². The third-order valence-electron chi connectivity index (χ3n) is 4.22. The van der Waals surface area contributed by atoms with Gasteiger partial charge in [-0.25, -0.2) is 0 Å². The summed E-state index contributed by atoms with van der Waals surface area (Å²) in [6.07, 6.45) is -4.08. The van der Waals surface area contributed by atoms with Crippen LogP contribution in [-0.4, -0.2) is 16.8 Å². The van der Waals surface area contributed by atoms with Gasteiger partial charge in [-0.3, -0.25) is 9.59 Å². The molecular formula is C19H16F3NO2S. The molecule has 136 valence electrons. The molecule has 3 rings (SSSR count). The van der Waals surface area contributed by atoms with E-state index in [0.29, 0.717) is 23.4 Å². The number of hydrogen-bond donors (Lipinski definition) is 1. The normalized spacial score (nSPS) is 16.8. The number of rotatable bonds is 3. The molecule has 2 aromatic carbocycles. The number of hydrogen-bond acceptors (Lipinski definition) is 3. The Labute approximate surface area is 153 Å². The molecule has 1 heterocycles. The Morgan fingerprint density at radius 1 is 1.15 bits per heavy atom. The van der Waals surface area contributed by atoms with Gasteiger partial charge in [0.2, 0.25) is 11.0 Å². The first-order chi connectivity index (χ1) is 12.3. The monoisotopic (exact) mass is 379 g/mol. The van der Waals surface area contributed by atoms with E-state index in [9.17, 15) is 22.8 Å². The van der Waals surface area contributed by atoms with Crippen molar-refractivity contribution < 1.29 is 22.8 Å². The molecule has 0 saturated heterocycles. The first-order valence-corrected chi connectivity index (χ1v) is 9.06. The number of fused-ring (bicyclic) bond motifs is 1. The second-order valence-electron chi connectivity index (χ2n) is 5.95. The fourth-order valence-electron chi connectivity index (χ4n) is 2.88. The third kappa shape index (κ3) is 3.77. The lowest BCUT2D eigenvalue weighted by Crippen LogP contribution is -2.34. The fourth-order valence-corrected chi connectivity index (χ4v) is 3.56. The standard InChI is InChI=1S/C19H16F3NO2S/c1-2-26-18(25)15-10-13-9-12(5-8-16(13)23-17(15)24)11-3-6-14(7-4-11)19(20,21)22/h3-9,15H,2,10H2,1H3,(H,23,24). The molecule has 7 heteroatoms. The Bertz CT molecular complexity index is 847. The molecule has 2 aromatic rings. The largest absolute Gasteiger partial charge is 0.416 e. The predicted molar refractivity (Wildman–Crippen MR) is 95.8 cm³/mol. The first kappa shape index (κ1) is 18.5. The molecule has 0 aromatic heterocycles. The van der Waals surface area contributed by atoms with E-state index in [1.165, 1.54) is 12.1 Å². The van der Waals surface area contributed by atoms with Crippen LogP contribution in [0.15, 0.2) is 42.5 Å². The van der Waals surface area contributed by atoms with Gasteiger partial charge >= 0.3 is 6.18 Å². The van der Waals surface area contributed by atoms with Crippen LogP contribution in [0.5, 0.6) is 0 Å². The molecule has 1 atom stereocenters. The van der Waals surface area contributed by atoms with Crippen LogP contribution in [-0.2, 0) is 22.2 Å². The average Bonchev–Trinajstić information content (AvgIpc) is 2.60. The molecule has 1 aliphatic rings. The van der Waals surface area contributed by atoms with E-state index in [0.717, 1.165) is 35.0 Å². The molecule has 0 saturated carbocycles. The molecule has 0 spiro atoms. The van der Waals surface area contributed by atoms with Gasteiger partial charge in [0.25, 0.3) is 0 Å². The van der Waals surface area contributed by atoms with E-state index >= 15 is 0 Å². The van der Waals surface area contributed by atoms with E-state index in [1.54, 1.807) is 12.1 Å². The summed E-state index contributed by atoms with van der Waals surface area (Å²) in [5.74, 6) is -0.456. The van der Waals surface area contributed by atoms with E-state index in [2.05, 4.69) is 5.32 Å². The molecule has 1 N–H and O–H groups in total. The highest BCUT2D eigenvalue weighted by molar-refractivity contribution is 8.13. The van der Waals surface area contributed by atoms with Gasteiger partial charge in [-0.1, -0.05) is 36.9 Å². The highest BCUT2D eigenvalue weighted by atomic mass is 32.2. The number of thioether (sulfide) groups is 1. The molecule has 0 aliphatic carbocycles. The summed E-state index contributed by atoms with van der Waals surface area (Å²) in [6, 6.07) is 10.2. The number of benzene rings is 2. The van der Waals surface area contributed by atoms with Crippen molar-refractivity contribution in [2.24, 2.45) is 5.92 Å². The van der Waals surface area contributed by atoms with Gasteiger partial charge in [-0.05, 0) is 53.1 Å². The molecule has 0 fully saturated rings. The first-order valence-electron chi connectivity index (χ1n) is 8.07. The van der Waals surface area contributed by atoms with Crippen LogP contribution in [0.1, 0.15) is 18.1 Å². The number of nitrogens with one attached hydrogen (secondary N) is 1. The van der Waals surface area contributed by atoms with Gasteiger partial charge in [0, 0.05) is 5.69 Å². The molecule has 1 amide bonds. The van der Waals surface area contributed by atoms with Crippen molar-refractivity contribution >= 4 is 28.5 Å². The molecule has 0 radical (unpaired) electrons. The highest BCUT2D eigenvalue weighted by Gasteiger charge is 2.32. The van der Waals surface area contributed by atoms with Gasteiger partial charge < -0.3 is 5.32 Å². The Kier molecular flexibility index (Phi) is 5.09. The van der Waals surface area contributed by atoms with Gasteiger partial charge in [-0.2, -0.15) is 13.2 Å². The lowest BCUT2D eigenvalue weighted by atomic mass is 9.91. The number of alkyl halides is 3. The Balaban J connectivity index is 1.88. The minimum Gasteiger partial charge on any atom is -0.325 e. The fraction of sp³-hybridized carbons (Fsp3) is 0.263. The van der Waals surface area contributed by atoms with Crippen LogP contribution >= 0.6 is 11.8 Å². The number of carbonyl (C=O) groups excluding carboxylic acids is 2. The number of carbonyl (C=O) groups is 2. The molecule has 0 bridgehead atoms. The van der Waals surface area contributed by atoms with Crippen LogP contribution in [0.2, 0.25) is 0 Å². The second-order valence-corrected chi connectivity index (χ2v) is 7.21. The Morgan fingerprint density at radius 2 is 1.81 bits per heavy atom. The van der Waals surface area contributed by atoms with Crippen molar-refractivity contribution in [1.82, 2.24) is 0 Å². The van der Waals surface area contributed by atoms with Gasteiger partial charge in [0.1, 0.15) is 5.92 Å². The number of anilines is 1. The summed E-state index contributed by atoms with van der Waals surface area (Å²) < 4.78 is 38.1. The van der Waals surface area contributed by atoms with Crippen LogP contribution in [0.3, 0.4) is 0 Å². The van der Waals surface area contributed by atoms with Crippen molar-refractivity contribution in [3.8, 4) is 11.1 Å². The van der Waals surface area contributed by atoms with Crippen molar-refractivity contribution in [3.63, 3.8) is 0 Å². The lowest BCUT2D eigenvalue weighted by Gasteiger charge is -2.24. The quantitative estimate of drug-likeness (QED) is 0.782. The smallest absolute Gasteiger partial charge is 0.325 e. The van der Waals surface area contributed by atoms with Crippen molar-refractivity contribution in [1.29, 1.82) is 0 Å². The zero-order chi connectivity index (χ0) is 18.9. The van der Waals surface area contributed by atoms with E-state index in [1.807, 2.05) is 13.0 Å². The minimum atomic E-state index is -4.37. The minimum absolute atomic E-state index is 0.171. The van der Waals surface area contributed by atoms with Crippen molar-refractivity contribution in [3.05, 3.63) is 53.6 Å². The van der Waals surface area contributed by atoms with E-state index in [-0.39, 0.29) is 11.0 Å². The Hall–Kier alpha value is -2.28. The van der Waals surface area contributed by atoms with Crippen LogP contribution in [0.25, 0.3) is 11.1 Å². The molecule has 1 aliphatic heterocycles. The van der Waals surface area contributed by atoms with E-state index < -0.39 is 17.7 Å². The summed E-state index contributed by atoms with van der Waals surface area (Å²) in [4.78, 5) is 24.2. The van der Waals surface area contributed by atoms with Crippen LogP contribution in [0.4, 0.5) is 18.9 Å². The van der Waals surface area contributed by atoms with Crippen LogP contribution < -0.4 is 5.32 Å². The second kappa shape index (κ2) is 7.15. The number of halogens is 3. The topological polar surface area (TPSA) is 46.2 Å². The third-order valence-corrected chi connectivity index (χ3v) is 5.08. The summed E-state index contributed by atoms with van der Waals surface area (Å²) in [5, 5.41) is 2.56. The zero-order valence-electron chi connectivity index (χ0n) is 13.9. The summed E-state index contributed by atoms with van der Waals surface area (Å²) in [5.41, 5.74) is 2.12. The van der Waals surface area contributed by atoms with E-state index in [4.69, 9.17) is 0 Å². The predicted octanol–water partition coefficient (Wildman–Crippen LogP) is 4.76. The summed E-state index contributed by atoms with van der Waals surface area (Å²) in [7, 11) is 0. The maximum absolute atomic E-state index is 12.7. The van der Waals surface area contributed by atoms with Gasteiger partial charge in [-0.15, -0.1) is 0 Å². The molecular weight excluding hydrogens is 363 g/mol. The Morgan fingerprint density at radius 3 is 2.42 bits per heavy atom. The summed E-state index contributed by atoms with van der Waals surface area (Å²) >= 11 is 1.11. The SMILES string of the molecule is CCSC(=O)C1Cc2cc(-c3ccc(C(F)(F)F)cc3)ccc2NC1=O. The van der Waals surface area contributed by atoms with Crippen molar-refractivity contribution in [2.45, 2.75) is 19.5 Å². The lowest BCUT2D eigenvalue weighted by molar-refractivity contribution is -0.137. The number of amides is 1. The van der Waals surface area contributed by atoms with Gasteiger partial charge in [0.05, 0.1) is 5.56 Å². The zero-order valence-corrected chi connectivity index (χ0v) is 14.7. The maximum Gasteiger partial charge on any atom is 0.416 e. The molecule has 3 nitrogen and oxygen atoms in total.